The quantitative estimate of drug-likeness (QED) is 0.187. The number of hydrogen-bond donors (Lipinski definition) is 1. The summed E-state index contributed by atoms with van der Waals surface area (Å²) < 4.78 is 16.5. The molecule has 0 radical (unpaired) electrons. The summed E-state index contributed by atoms with van der Waals surface area (Å²) in [4.78, 5) is 28.5. The molecule has 0 aromatic heterocycles. The van der Waals surface area contributed by atoms with Crippen LogP contribution < -0.4 is 19.1 Å². The molecule has 1 N–H and O–H groups in total. The second-order valence-electron chi connectivity index (χ2n) is 9.84. The normalized spacial score (nSPS) is 16.7. The van der Waals surface area contributed by atoms with Gasteiger partial charge < -0.3 is 19.3 Å². The lowest BCUT2D eigenvalue weighted by Crippen LogP contribution is -2.29. The summed E-state index contributed by atoms with van der Waals surface area (Å²) in [5, 5.41) is 11.8. The van der Waals surface area contributed by atoms with Crippen molar-refractivity contribution in [2.24, 2.45) is 0 Å². The summed E-state index contributed by atoms with van der Waals surface area (Å²) in [6.45, 7) is 8.01. The van der Waals surface area contributed by atoms with Gasteiger partial charge in [-0.25, -0.2) is 0 Å². The van der Waals surface area contributed by atoms with E-state index in [1.807, 2.05) is 38.1 Å². The van der Waals surface area contributed by atoms with E-state index in [9.17, 15) is 14.7 Å². The standard InChI is InChI=1S/C31H32ClNO6/c1-17(2)19-7-11-21(12-8-19)33-28(20-9-13-22(14-10-20)39-18(3)4)27(30(35)31(33)36)29(34)23-15-24(32)26(38-6)16-25(23)37-5/h7-18,28,34H,1-6H3/b29-27+. The fourth-order valence-corrected chi connectivity index (χ4v) is 4.87. The van der Waals surface area contributed by atoms with Gasteiger partial charge in [-0.05, 0) is 61.2 Å². The SMILES string of the molecule is COc1cc(OC)c(/C(O)=C2\C(=O)C(=O)N(c3ccc(C(C)C)cc3)C2c2ccc(OC(C)C)cc2)cc1Cl. The molecule has 3 aromatic rings. The van der Waals surface area contributed by atoms with E-state index in [-0.39, 0.29) is 28.0 Å². The minimum atomic E-state index is -0.909. The summed E-state index contributed by atoms with van der Waals surface area (Å²) in [6.07, 6.45) is -0.0201. The summed E-state index contributed by atoms with van der Waals surface area (Å²) >= 11 is 6.36. The fourth-order valence-electron chi connectivity index (χ4n) is 4.63. The van der Waals surface area contributed by atoms with Gasteiger partial charge >= 0.3 is 0 Å². The highest BCUT2D eigenvalue weighted by Gasteiger charge is 2.47. The van der Waals surface area contributed by atoms with E-state index < -0.39 is 23.5 Å². The number of methoxy groups -OCH3 is 2. The van der Waals surface area contributed by atoms with Gasteiger partial charge in [-0.3, -0.25) is 14.5 Å². The lowest BCUT2D eigenvalue weighted by Gasteiger charge is -2.26. The number of ether oxygens (including phenoxy) is 3. The zero-order valence-corrected chi connectivity index (χ0v) is 23.6. The Morgan fingerprint density at radius 1 is 0.897 bits per heavy atom. The predicted molar refractivity (Wildman–Crippen MR) is 152 cm³/mol. The number of amides is 1. The molecule has 7 nitrogen and oxygen atoms in total. The number of aliphatic hydroxyl groups is 1. The van der Waals surface area contributed by atoms with Crippen molar-refractivity contribution in [3.05, 3.63) is 87.9 Å². The molecule has 1 atom stereocenters. The van der Waals surface area contributed by atoms with E-state index in [0.717, 1.165) is 5.56 Å². The van der Waals surface area contributed by atoms with Crippen LogP contribution in [0.4, 0.5) is 5.69 Å². The number of Topliss-reactive ketones (excluding diaryl/α,β-unsaturated/α-hetero) is 1. The predicted octanol–water partition coefficient (Wildman–Crippen LogP) is 6.89. The van der Waals surface area contributed by atoms with Crippen LogP contribution in [0.1, 0.15) is 56.3 Å². The minimum Gasteiger partial charge on any atom is -0.507 e. The fraction of sp³-hybridized carbons (Fsp3) is 0.290. The molecular weight excluding hydrogens is 518 g/mol. The maximum Gasteiger partial charge on any atom is 0.300 e. The highest BCUT2D eigenvalue weighted by atomic mass is 35.5. The number of ketones is 1. The van der Waals surface area contributed by atoms with Gasteiger partial charge in [-0.1, -0.05) is 49.7 Å². The first-order chi connectivity index (χ1) is 18.6. The van der Waals surface area contributed by atoms with Crippen LogP contribution in [-0.2, 0) is 9.59 Å². The van der Waals surface area contributed by atoms with Crippen molar-refractivity contribution in [2.45, 2.75) is 45.8 Å². The molecule has 3 aromatic carbocycles. The van der Waals surface area contributed by atoms with Gasteiger partial charge in [0, 0.05) is 11.8 Å². The topological polar surface area (TPSA) is 85.3 Å². The van der Waals surface area contributed by atoms with Gasteiger partial charge in [0.25, 0.3) is 11.7 Å². The molecule has 1 fully saturated rings. The monoisotopic (exact) mass is 549 g/mol. The Hall–Kier alpha value is -3.97. The van der Waals surface area contributed by atoms with Crippen LogP contribution in [0.2, 0.25) is 5.02 Å². The number of benzene rings is 3. The Morgan fingerprint density at radius 2 is 1.51 bits per heavy atom. The number of hydrogen-bond acceptors (Lipinski definition) is 6. The zero-order valence-electron chi connectivity index (χ0n) is 22.8. The number of carbonyl (C=O) groups excluding carboxylic acids is 2. The summed E-state index contributed by atoms with van der Waals surface area (Å²) in [6, 6.07) is 16.7. The highest BCUT2D eigenvalue weighted by molar-refractivity contribution is 6.51. The number of nitrogens with zero attached hydrogens (tertiary/aromatic N) is 1. The average molecular weight is 550 g/mol. The molecule has 1 aliphatic rings. The molecule has 1 aliphatic heterocycles. The minimum absolute atomic E-state index is 0.0201. The zero-order chi connectivity index (χ0) is 28.4. The van der Waals surface area contributed by atoms with E-state index >= 15 is 0 Å². The van der Waals surface area contributed by atoms with Gasteiger partial charge in [0.2, 0.25) is 0 Å². The molecule has 1 unspecified atom stereocenters. The third kappa shape index (κ3) is 5.45. The third-order valence-corrected chi connectivity index (χ3v) is 6.87. The van der Waals surface area contributed by atoms with E-state index in [1.165, 1.54) is 31.3 Å². The molecule has 0 saturated carbocycles. The van der Waals surface area contributed by atoms with Gasteiger partial charge in [0.05, 0.1) is 42.5 Å². The molecule has 0 spiro atoms. The van der Waals surface area contributed by atoms with Gasteiger partial charge in [-0.15, -0.1) is 0 Å². The molecule has 0 bridgehead atoms. The van der Waals surface area contributed by atoms with E-state index in [1.54, 1.807) is 24.3 Å². The average Bonchev–Trinajstić information content (AvgIpc) is 3.18. The van der Waals surface area contributed by atoms with E-state index in [0.29, 0.717) is 28.7 Å². The van der Waals surface area contributed by atoms with E-state index in [4.69, 9.17) is 25.8 Å². The number of carbonyl (C=O) groups is 2. The molecule has 0 aliphatic carbocycles. The molecule has 1 heterocycles. The Bertz CT molecular complexity index is 1410. The molecule has 39 heavy (non-hydrogen) atoms. The molecule has 204 valence electrons. The molecule has 1 amide bonds. The summed E-state index contributed by atoms with van der Waals surface area (Å²) in [5.74, 6) is -0.444. The maximum absolute atomic E-state index is 13.6. The molecule has 4 rings (SSSR count). The van der Waals surface area contributed by atoms with Crippen molar-refractivity contribution in [2.75, 3.05) is 19.1 Å². The van der Waals surface area contributed by atoms with Crippen molar-refractivity contribution < 1.29 is 28.9 Å². The van der Waals surface area contributed by atoms with Crippen LogP contribution in [0.5, 0.6) is 17.2 Å². The lowest BCUT2D eigenvalue weighted by molar-refractivity contribution is -0.132. The van der Waals surface area contributed by atoms with Gasteiger partial charge in [0.1, 0.15) is 23.0 Å². The highest BCUT2D eigenvalue weighted by Crippen LogP contribution is 2.45. The largest absolute Gasteiger partial charge is 0.507 e. The second kappa shape index (κ2) is 11.4. The Balaban J connectivity index is 1.93. The van der Waals surface area contributed by atoms with Crippen molar-refractivity contribution in [3.8, 4) is 17.2 Å². The molecular formula is C31H32ClNO6. The molecule has 1 saturated heterocycles. The Morgan fingerprint density at radius 3 is 2.05 bits per heavy atom. The van der Waals surface area contributed by atoms with Crippen molar-refractivity contribution in [1.82, 2.24) is 0 Å². The third-order valence-electron chi connectivity index (χ3n) is 6.58. The van der Waals surface area contributed by atoms with Crippen LogP contribution in [0, 0.1) is 0 Å². The van der Waals surface area contributed by atoms with Crippen LogP contribution in [0.25, 0.3) is 5.76 Å². The van der Waals surface area contributed by atoms with E-state index in [2.05, 4.69) is 13.8 Å². The number of rotatable bonds is 8. The smallest absolute Gasteiger partial charge is 0.300 e. The summed E-state index contributed by atoms with van der Waals surface area (Å²) in [5.41, 5.74) is 2.34. The second-order valence-corrected chi connectivity index (χ2v) is 10.2. The van der Waals surface area contributed by atoms with Crippen LogP contribution >= 0.6 is 11.6 Å². The maximum atomic E-state index is 13.6. The molecule has 8 heteroatoms. The first kappa shape index (κ1) is 28.0. The first-order valence-corrected chi connectivity index (χ1v) is 13.0. The van der Waals surface area contributed by atoms with Crippen LogP contribution in [-0.4, -0.2) is 37.1 Å². The van der Waals surface area contributed by atoms with Crippen LogP contribution in [0.3, 0.4) is 0 Å². The van der Waals surface area contributed by atoms with Gasteiger partial charge in [0.15, 0.2) is 0 Å². The number of halogens is 1. The van der Waals surface area contributed by atoms with Crippen molar-refractivity contribution in [3.63, 3.8) is 0 Å². The van der Waals surface area contributed by atoms with Gasteiger partial charge in [-0.2, -0.15) is 0 Å². The first-order valence-electron chi connectivity index (χ1n) is 12.7. The van der Waals surface area contributed by atoms with Crippen LogP contribution in [0.15, 0.2) is 66.2 Å². The van der Waals surface area contributed by atoms with Crippen molar-refractivity contribution >= 4 is 34.7 Å². The lowest BCUT2D eigenvalue weighted by atomic mass is 9.94. The Labute approximate surface area is 233 Å². The van der Waals surface area contributed by atoms with Crippen molar-refractivity contribution in [1.29, 1.82) is 0 Å². The number of aliphatic hydroxyl groups excluding tert-OH is 1. The Kier molecular flexibility index (Phi) is 8.21. The number of anilines is 1. The summed E-state index contributed by atoms with van der Waals surface area (Å²) in [7, 11) is 2.89.